The third-order valence-electron chi connectivity index (χ3n) is 2.65. The first-order chi connectivity index (χ1) is 8.54. The van der Waals surface area contributed by atoms with Gasteiger partial charge in [0.1, 0.15) is 0 Å². The van der Waals surface area contributed by atoms with E-state index in [9.17, 15) is 9.59 Å². The third kappa shape index (κ3) is 4.08. The molecule has 5 nitrogen and oxygen atoms in total. The molecule has 0 aliphatic carbocycles. The molecule has 1 aromatic rings. The van der Waals surface area contributed by atoms with Gasteiger partial charge in [0.15, 0.2) is 0 Å². The Morgan fingerprint density at radius 1 is 1.33 bits per heavy atom. The van der Waals surface area contributed by atoms with Crippen molar-refractivity contribution in [3.63, 3.8) is 0 Å². The maximum absolute atomic E-state index is 11.6. The predicted molar refractivity (Wildman–Crippen MR) is 71.3 cm³/mol. The molecular formula is C13H19N3O2. The highest BCUT2D eigenvalue weighted by molar-refractivity contribution is 5.98. The van der Waals surface area contributed by atoms with Gasteiger partial charge < -0.3 is 16.4 Å². The lowest BCUT2D eigenvalue weighted by atomic mass is 10.1. The van der Waals surface area contributed by atoms with Crippen LogP contribution in [0.3, 0.4) is 0 Å². The Morgan fingerprint density at radius 3 is 2.61 bits per heavy atom. The van der Waals surface area contributed by atoms with E-state index in [2.05, 4.69) is 10.6 Å². The molecule has 0 bridgehead atoms. The fourth-order valence-electron chi connectivity index (χ4n) is 1.46. The first kappa shape index (κ1) is 14.0. The lowest BCUT2D eigenvalue weighted by Crippen LogP contribution is -2.36. The van der Waals surface area contributed by atoms with Crippen molar-refractivity contribution in [3.05, 3.63) is 29.8 Å². The number of carbonyl (C=O) groups excluding carboxylic acids is 2. The predicted octanol–water partition coefficient (Wildman–Crippen LogP) is 1.11. The Kier molecular flexibility index (Phi) is 5.17. The number of carbonyl (C=O) groups is 2. The number of primary amides is 1. The topological polar surface area (TPSA) is 84.2 Å². The van der Waals surface area contributed by atoms with Gasteiger partial charge in [0.2, 0.25) is 5.91 Å². The Morgan fingerprint density at radius 2 is 2.00 bits per heavy atom. The standard InChI is InChI=1S/C13H19N3O2/c1-3-9(2)16-12(17)8-15-11-7-5-4-6-10(11)13(14)18/h4-7,9,15H,3,8H2,1-2H3,(H2,14,18)(H,16,17). The van der Waals surface area contributed by atoms with E-state index < -0.39 is 5.91 Å². The molecule has 18 heavy (non-hydrogen) atoms. The van der Waals surface area contributed by atoms with Crippen LogP contribution in [-0.2, 0) is 4.79 Å². The van der Waals surface area contributed by atoms with Gasteiger partial charge in [-0.05, 0) is 25.5 Å². The fourth-order valence-corrected chi connectivity index (χ4v) is 1.46. The van der Waals surface area contributed by atoms with Crippen LogP contribution in [0.5, 0.6) is 0 Å². The SMILES string of the molecule is CCC(C)NC(=O)CNc1ccccc1C(N)=O. The van der Waals surface area contributed by atoms with Gasteiger partial charge >= 0.3 is 0 Å². The average molecular weight is 249 g/mol. The first-order valence-electron chi connectivity index (χ1n) is 5.96. The highest BCUT2D eigenvalue weighted by Gasteiger charge is 2.09. The van der Waals surface area contributed by atoms with E-state index in [1.807, 2.05) is 13.8 Å². The molecule has 0 spiro atoms. The van der Waals surface area contributed by atoms with Crippen LogP contribution in [0.1, 0.15) is 30.6 Å². The summed E-state index contributed by atoms with van der Waals surface area (Å²) in [5.74, 6) is -0.621. The molecule has 1 rings (SSSR count). The first-order valence-corrected chi connectivity index (χ1v) is 5.96. The molecule has 0 radical (unpaired) electrons. The number of nitrogens with one attached hydrogen (secondary N) is 2. The number of anilines is 1. The van der Waals surface area contributed by atoms with E-state index >= 15 is 0 Å². The van der Waals surface area contributed by atoms with Crippen molar-refractivity contribution in [1.29, 1.82) is 0 Å². The van der Waals surface area contributed by atoms with Crippen LogP contribution >= 0.6 is 0 Å². The molecule has 4 N–H and O–H groups in total. The van der Waals surface area contributed by atoms with Crippen LogP contribution < -0.4 is 16.4 Å². The van der Waals surface area contributed by atoms with Crippen molar-refractivity contribution in [2.75, 3.05) is 11.9 Å². The minimum atomic E-state index is -0.513. The van der Waals surface area contributed by atoms with Gasteiger partial charge in [0.25, 0.3) is 5.91 Å². The Labute approximate surface area is 107 Å². The van der Waals surface area contributed by atoms with Gasteiger partial charge in [-0.15, -0.1) is 0 Å². The summed E-state index contributed by atoms with van der Waals surface area (Å²) in [6.45, 7) is 4.06. The zero-order valence-corrected chi connectivity index (χ0v) is 10.7. The molecule has 0 fully saturated rings. The Hall–Kier alpha value is -2.04. The van der Waals surface area contributed by atoms with Crippen LogP contribution in [0.2, 0.25) is 0 Å². The van der Waals surface area contributed by atoms with Crippen LogP contribution in [0.15, 0.2) is 24.3 Å². The smallest absolute Gasteiger partial charge is 0.250 e. The minimum absolute atomic E-state index is 0.108. The maximum atomic E-state index is 11.6. The number of amides is 2. The highest BCUT2D eigenvalue weighted by Crippen LogP contribution is 2.13. The molecule has 1 aromatic carbocycles. The summed E-state index contributed by atoms with van der Waals surface area (Å²) in [6.07, 6.45) is 0.879. The van der Waals surface area contributed by atoms with Gasteiger partial charge in [0, 0.05) is 11.7 Å². The van der Waals surface area contributed by atoms with Crippen molar-refractivity contribution >= 4 is 17.5 Å². The van der Waals surface area contributed by atoms with Gasteiger partial charge in [-0.2, -0.15) is 0 Å². The second-order valence-electron chi connectivity index (χ2n) is 4.14. The third-order valence-corrected chi connectivity index (χ3v) is 2.65. The fraction of sp³-hybridized carbons (Fsp3) is 0.385. The van der Waals surface area contributed by atoms with Crippen molar-refractivity contribution in [1.82, 2.24) is 5.32 Å². The molecule has 2 amide bonds. The van der Waals surface area contributed by atoms with Crippen molar-refractivity contribution in [2.24, 2.45) is 5.73 Å². The summed E-state index contributed by atoms with van der Waals surface area (Å²) in [5, 5.41) is 5.74. The van der Waals surface area contributed by atoms with Crippen LogP contribution in [-0.4, -0.2) is 24.4 Å². The van der Waals surface area contributed by atoms with Gasteiger partial charge in [0.05, 0.1) is 12.1 Å². The molecule has 0 saturated carbocycles. The summed E-state index contributed by atoms with van der Waals surface area (Å²) in [5.41, 5.74) is 6.20. The maximum Gasteiger partial charge on any atom is 0.250 e. The van der Waals surface area contributed by atoms with Crippen molar-refractivity contribution in [3.8, 4) is 0 Å². The molecule has 0 aliphatic heterocycles. The largest absolute Gasteiger partial charge is 0.376 e. The molecule has 0 aliphatic rings. The molecule has 0 saturated heterocycles. The molecule has 0 heterocycles. The summed E-state index contributed by atoms with van der Waals surface area (Å²) in [4.78, 5) is 22.7. The lowest BCUT2D eigenvalue weighted by Gasteiger charge is -2.13. The molecule has 1 atom stereocenters. The zero-order chi connectivity index (χ0) is 13.5. The number of hydrogen-bond acceptors (Lipinski definition) is 3. The number of para-hydroxylation sites is 1. The number of rotatable bonds is 6. The number of benzene rings is 1. The zero-order valence-electron chi connectivity index (χ0n) is 10.7. The monoisotopic (exact) mass is 249 g/mol. The van der Waals surface area contributed by atoms with Crippen LogP contribution in [0, 0.1) is 0 Å². The molecular weight excluding hydrogens is 230 g/mol. The normalized spacial score (nSPS) is 11.7. The Balaban J connectivity index is 2.58. The highest BCUT2D eigenvalue weighted by atomic mass is 16.2. The summed E-state index contributed by atoms with van der Waals surface area (Å²) < 4.78 is 0. The average Bonchev–Trinajstić information content (AvgIpc) is 2.36. The van der Waals surface area contributed by atoms with E-state index in [0.29, 0.717) is 11.3 Å². The van der Waals surface area contributed by atoms with E-state index in [-0.39, 0.29) is 18.5 Å². The number of nitrogens with two attached hydrogens (primary N) is 1. The minimum Gasteiger partial charge on any atom is -0.376 e. The van der Waals surface area contributed by atoms with Gasteiger partial charge in [-0.1, -0.05) is 19.1 Å². The molecule has 5 heteroatoms. The van der Waals surface area contributed by atoms with Crippen LogP contribution in [0.4, 0.5) is 5.69 Å². The van der Waals surface area contributed by atoms with Crippen molar-refractivity contribution in [2.45, 2.75) is 26.3 Å². The summed E-state index contributed by atoms with van der Waals surface area (Å²) >= 11 is 0. The second kappa shape index (κ2) is 6.64. The molecule has 98 valence electrons. The molecule has 0 aromatic heterocycles. The van der Waals surface area contributed by atoms with E-state index in [1.165, 1.54) is 0 Å². The van der Waals surface area contributed by atoms with Gasteiger partial charge in [-0.25, -0.2) is 0 Å². The van der Waals surface area contributed by atoms with Crippen molar-refractivity contribution < 1.29 is 9.59 Å². The lowest BCUT2D eigenvalue weighted by molar-refractivity contribution is -0.120. The van der Waals surface area contributed by atoms with E-state index in [0.717, 1.165) is 6.42 Å². The quantitative estimate of drug-likeness (QED) is 0.706. The van der Waals surface area contributed by atoms with E-state index in [1.54, 1.807) is 24.3 Å². The summed E-state index contributed by atoms with van der Waals surface area (Å²) in [6, 6.07) is 6.99. The molecule has 1 unspecified atom stereocenters. The van der Waals surface area contributed by atoms with E-state index in [4.69, 9.17) is 5.73 Å². The summed E-state index contributed by atoms with van der Waals surface area (Å²) in [7, 11) is 0. The van der Waals surface area contributed by atoms with Gasteiger partial charge in [-0.3, -0.25) is 9.59 Å². The van der Waals surface area contributed by atoms with Crippen LogP contribution in [0.25, 0.3) is 0 Å². The second-order valence-corrected chi connectivity index (χ2v) is 4.14. The number of hydrogen-bond donors (Lipinski definition) is 3. The Bertz CT molecular complexity index is 432.